The van der Waals surface area contributed by atoms with Crippen molar-refractivity contribution in [1.29, 1.82) is 0 Å². The van der Waals surface area contributed by atoms with Crippen molar-refractivity contribution in [2.24, 2.45) is 44.8 Å². The number of hydrogen-bond donors (Lipinski definition) is 6. The van der Waals surface area contributed by atoms with Crippen molar-refractivity contribution in [2.45, 2.75) is 159 Å². The molecule has 10 heteroatoms. The fourth-order valence-electron chi connectivity index (χ4n) is 13.9. The van der Waals surface area contributed by atoms with Crippen LogP contribution in [0.5, 0.6) is 0 Å². The van der Waals surface area contributed by atoms with Crippen molar-refractivity contribution >= 4 is 0 Å². The van der Waals surface area contributed by atoms with Gasteiger partial charge in [0.25, 0.3) is 0 Å². The molecule has 16 atom stereocenters. The maximum atomic E-state index is 12.2. The lowest BCUT2D eigenvalue weighted by atomic mass is 9.41. The predicted octanol–water partition coefficient (Wildman–Crippen LogP) is 2.24. The highest BCUT2D eigenvalue weighted by molar-refractivity contribution is 5.34. The van der Waals surface area contributed by atoms with Crippen LogP contribution in [0.2, 0.25) is 0 Å². The van der Waals surface area contributed by atoms with Crippen molar-refractivity contribution in [3.63, 3.8) is 0 Å². The van der Waals surface area contributed by atoms with Gasteiger partial charge in [0.2, 0.25) is 0 Å². The summed E-state index contributed by atoms with van der Waals surface area (Å²) in [5, 5.41) is 66.2. The molecular weight excluding hydrogens is 580 g/mol. The Bertz CT molecular complexity index is 1240. The first-order chi connectivity index (χ1) is 20.9. The second-order valence-corrected chi connectivity index (χ2v) is 18.3. The molecule has 10 nitrogen and oxygen atoms in total. The van der Waals surface area contributed by atoms with E-state index in [9.17, 15) is 30.6 Å². The maximum Gasteiger partial charge on any atom is 0.197 e. The fourth-order valence-corrected chi connectivity index (χ4v) is 13.9. The summed E-state index contributed by atoms with van der Waals surface area (Å²) in [6.45, 7) is 12.6. The second kappa shape index (κ2) is 9.23. The van der Waals surface area contributed by atoms with E-state index < -0.39 is 64.6 Å². The lowest BCUT2D eigenvalue weighted by molar-refractivity contribution is -0.316. The third-order valence-electron chi connectivity index (χ3n) is 16.1. The van der Waals surface area contributed by atoms with Crippen molar-refractivity contribution < 1.29 is 49.6 Å². The highest BCUT2D eigenvalue weighted by Crippen LogP contribution is 2.89. The molecule has 8 rings (SSSR count). The summed E-state index contributed by atoms with van der Waals surface area (Å²) >= 11 is 0. The van der Waals surface area contributed by atoms with Crippen molar-refractivity contribution in [3.05, 3.63) is 0 Å². The number of hydrogen-bond acceptors (Lipinski definition) is 10. The molecule has 3 heterocycles. The van der Waals surface area contributed by atoms with Gasteiger partial charge in [-0.1, -0.05) is 20.8 Å². The van der Waals surface area contributed by atoms with E-state index in [1.807, 2.05) is 0 Å². The summed E-state index contributed by atoms with van der Waals surface area (Å²) in [7, 11) is 0. The van der Waals surface area contributed by atoms with Gasteiger partial charge in [0.15, 0.2) is 12.1 Å². The predicted molar refractivity (Wildman–Crippen MR) is 160 cm³/mol. The average Bonchev–Trinajstić information content (AvgIpc) is 3.47. The Hall–Kier alpha value is -0.400. The molecule has 45 heavy (non-hydrogen) atoms. The quantitative estimate of drug-likeness (QED) is 0.254. The van der Waals surface area contributed by atoms with E-state index in [1.165, 1.54) is 0 Å². The molecule has 5 aliphatic carbocycles. The van der Waals surface area contributed by atoms with Gasteiger partial charge in [-0.2, -0.15) is 0 Å². The van der Waals surface area contributed by atoms with E-state index in [1.54, 1.807) is 13.8 Å². The third-order valence-corrected chi connectivity index (χ3v) is 16.1. The lowest BCUT2D eigenvalue weighted by Gasteiger charge is -2.64. The van der Waals surface area contributed by atoms with E-state index in [2.05, 4.69) is 27.7 Å². The van der Waals surface area contributed by atoms with Crippen LogP contribution in [0, 0.1) is 44.8 Å². The molecule has 3 aliphatic heterocycles. The van der Waals surface area contributed by atoms with Gasteiger partial charge >= 0.3 is 0 Å². The zero-order valence-electron chi connectivity index (χ0n) is 27.9. The van der Waals surface area contributed by atoms with E-state index >= 15 is 0 Å². The van der Waals surface area contributed by atoms with Gasteiger partial charge in [0, 0.05) is 23.2 Å². The Labute approximate surface area is 266 Å². The molecule has 0 aromatic rings. The summed E-state index contributed by atoms with van der Waals surface area (Å²) < 4.78 is 25.6. The van der Waals surface area contributed by atoms with Gasteiger partial charge in [-0.3, -0.25) is 0 Å². The van der Waals surface area contributed by atoms with E-state index in [0.717, 1.165) is 44.9 Å². The molecule has 3 saturated heterocycles. The first-order valence-corrected chi connectivity index (χ1v) is 17.6. The van der Waals surface area contributed by atoms with Crippen molar-refractivity contribution in [3.8, 4) is 0 Å². The van der Waals surface area contributed by atoms with Crippen LogP contribution >= 0.6 is 0 Å². The van der Waals surface area contributed by atoms with Crippen molar-refractivity contribution in [1.82, 2.24) is 0 Å². The van der Waals surface area contributed by atoms with Crippen molar-refractivity contribution in [2.75, 3.05) is 13.2 Å². The number of aliphatic hydroxyl groups excluding tert-OH is 5. The Kier molecular flexibility index (Phi) is 6.53. The molecule has 0 radical (unpaired) electrons. The van der Waals surface area contributed by atoms with Crippen LogP contribution in [0.4, 0.5) is 0 Å². The molecule has 8 aliphatic rings. The Morgan fingerprint density at radius 3 is 2.13 bits per heavy atom. The molecule has 8 fully saturated rings. The molecular formula is C35H56O10. The first kappa shape index (κ1) is 31.8. The van der Waals surface area contributed by atoms with E-state index in [-0.39, 0.29) is 40.8 Å². The normalized spacial score (nSPS) is 61.3. The van der Waals surface area contributed by atoms with Crippen LogP contribution in [0.15, 0.2) is 0 Å². The van der Waals surface area contributed by atoms with Gasteiger partial charge in [0.05, 0.1) is 37.1 Å². The molecule has 2 bridgehead atoms. The van der Waals surface area contributed by atoms with Gasteiger partial charge in [-0.05, 0) is 100 Å². The number of rotatable bonds is 3. The Morgan fingerprint density at radius 2 is 1.42 bits per heavy atom. The summed E-state index contributed by atoms with van der Waals surface area (Å²) in [5.41, 5.74) is -3.01. The fraction of sp³-hybridized carbons (Fsp3) is 1.00. The third kappa shape index (κ3) is 3.56. The molecule has 0 amide bonds. The smallest absolute Gasteiger partial charge is 0.197 e. The van der Waals surface area contributed by atoms with Crippen LogP contribution in [0.1, 0.15) is 99.3 Å². The molecule has 3 spiro atoms. The van der Waals surface area contributed by atoms with Crippen LogP contribution in [-0.4, -0.2) is 104 Å². The number of fused-ring (bicyclic) bond motifs is 4. The Balaban J connectivity index is 1.11. The summed E-state index contributed by atoms with van der Waals surface area (Å²) in [4.78, 5) is 0. The van der Waals surface area contributed by atoms with E-state index in [0.29, 0.717) is 25.4 Å². The van der Waals surface area contributed by atoms with Gasteiger partial charge in [-0.15, -0.1) is 0 Å². The topological polar surface area (TPSA) is 158 Å². The highest BCUT2D eigenvalue weighted by Gasteiger charge is 2.87. The number of ether oxygens (including phenoxy) is 4. The minimum atomic E-state index is -1.31. The molecule has 0 unspecified atom stereocenters. The van der Waals surface area contributed by atoms with Gasteiger partial charge < -0.3 is 49.6 Å². The van der Waals surface area contributed by atoms with Gasteiger partial charge in [-0.25, -0.2) is 0 Å². The zero-order valence-corrected chi connectivity index (χ0v) is 27.9. The van der Waals surface area contributed by atoms with Crippen LogP contribution in [-0.2, 0) is 18.9 Å². The largest absolute Gasteiger partial charge is 0.390 e. The summed E-state index contributed by atoms with van der Waals surface area (Å²) in [6, 6.07) is 0. The van der Waals surface area contributed by atoms with Crippen LogP contribution in [0.25, 0.3) is 0 Å². The summed E-state index contributed by atoms with van der Waals surface area (Å²) in [5.74, 6) is -0.821. The number of aliphatic hydroxyl groups is 6. The molecule has 0 aromatic heterocycles. The minimum Gasteiger partial charge on any atom is -0.390 e. The molecule has 5 saturated carbocycles. The Morgan fingerprint density at radius 1 is 0.756 bits per heavy atom. The molecule has 0 aromatic carbocycles. The SMILES string of the molecule is CC1(C)[C@@H](O[C@@H]2OC[C@@H](O)[C@H](O)[C@H]2O)CC[C@]23C[C@]24CC[C@]25CO[C@@]6(C(C)(C)O)CC[C@](C)(O6)[C@@H]2[C@@H](O)[C@@H](O)[C@@]5(C)[C@H]4CC[C@@H]13. The van der Waals surface area contributed by atoms with Gasteiger partial charge in [0.1, 0.15) is 23.9 Å². The monoisotopic (exact) mass is 636 g/mol. The standard InChI is InChI=1S/C35H56O10/c1-28(2)19-7-8-20-31(6)26(40)24(39)25-30(5)11-14-35(45-30,29(3,4)41)43-17-34(25,31)13-12-33(20)16-32(19,33)10-9-21(28)44-27-23(38)22(37)18(36)15-42-27/h18-27,36-41H,7-17H2,1-6H3/t18-,19+,20-,21+,22+,23-,24-,25+,26-,27+,30+,31-,32-,33+,34+,35+/m1/s1. The molecule has 256 valence electrons. The van der Waals surface area contributed by atoms with Crippen LogP contribution < -0.4 is 0 Å². The van der Waals surface area contributed by atoms with Crippen LogP contribution in [0.3, 0.4) is 0 Å². The maximum absolute atomic E-state index is 12.2. The second-order valence-electron chi connectivity index (χ2n) is 18.3. The highest BCUT2D eigenvalue weighted by atomic mass is 16.7. The minimum absolute atomic E-state index is 0.0654. The average molecular weight is 637 g/mol. The zero-order chi connectivity index (χ0) is 32.4. The summed E-state index contributed by atoms with van der Waals surface area (Å²) in [6.07, 6.45) is 1.20. The molecule has 6 N–H and O–H groups in total. The lowest BCUT2D eigenvalue weighted by Crippen LogP contribution is -2.63. The first-order valence-electron chi connectivity index (χ1n) is 17.6. The van der Waals surface area contributed by atoms with E-state index in [4.69, 9.17) is 18.9 Å².